The summed E-state index contributed by atoms with van der Waals surface area (Å²) in [5.41, 5.74) is 0.552. The number of aryl methyl sites for hydroxylation is 1. The van der Waals surface area contributed by atoms with Gasteiger partial charge in [0.2, 0.25) is 5.91 Å². The van der Waals surface area contributed by atoms with E-state index in [0.29, 0.717) is 24.8 Å². The molecule has 164 valence electrons. The highest BCUT2D eigenvalue weighted by atomic mass is 16.2. The number of benzene rings is 1. The van der Waals surface area contributed by atoms with Crippen LogP contribution in [0.1, 0.15) is 58.4 Å². The van der Waals surface area contributed by atoms with Crippen molar-refractivity contribution >= 4 is 17.8 Å². The van der Waals surface area contributed by atoms with Gasteiger partial charge in [-0.05, 0) is 56.4 Å². The van der Waals surface area contributed by atoms with Gasteiger partial charge in [-0.25, -0.2) is 0 Å². The lowest BCUT2D eigenvalue weighted by atomic mass is 9.90. The van der Waals surface area contributed by atoms with Crippen LogP contribution in [0.2, 0.25) is 0 Å². The summed E-state index contributed by atoms with van der Waals surface area (Å²) in [6.45, 7) is 8.29. The molecule has 0 aromatic heterocycles. The SMILES string of the molecule is CC(C)CC1(C)NC(=N)N(CCC2CCN(C(=O)CCc3ccccc3)CC2)C1=O. The molecule has 0 aliphatic carbocycles. The van der Waals surface area contributed by atoms with E-state index in [0.717, 1.165) is 45.2 Å². The molecule has 1 aromatic carbocycles. The van der Waals surface area contributed by atoms with E-state index in [9.17, 15) is 9.59 Å². The predicted molar refractivity (Wildman–Crippen MR) is 119 cm³/mol. The predicted octanol–water partition coefficient (Wildman–Crippen LogP) is 3.42. The molecule has 2 N–H and O–H groups in total. The lowest BCUT2D eigenvalue weighted by molar-refractivity contribution is -0.132. The molecule has 0 spiro atoms. The van der Waals surface area contributed by atoms with Crippen LogP contribution in [0.4, 0.5) is 0 Å². The van der Waals surface area contributed by atoms with Crippen LogP contribution < -0.4 is 5.32 Å². The van der Waals surface area contributed by atoms with Gasteiger partial charge in [0.25, 0.3) is 5.91 Å². The zero-order valence-corrected chi connectivity index (χ0v) is 18.6. The van der Waals surface area contributed by atoms with Crippen LogP contribution in [0.15, 0.2) is 30.3 Å². The number of rotatable bonds is 8. The summed E-state index contributed by atoms with van der Waals surface area (Å²) in [7, 11) is 0. The van der Waals surface area contributed by atoms with Crippen LogP contribution in [0.25, 0.3) is 0 Å². The Balaban J connectivity index is 1.41. The van der Waals surface area contributed by atoms with Gasteiger partial charge in [-0.2, -0.15) is 0 Å². The fourth-order valence-electron chi connectivity index (χ4n) is 4.79. The maximum Gasteiger partial charge on any atom is 0.254 e. The van der Waals surface area contributed by atoms with Gasteiger partial charge >= 0.3 is 0 Å². The van der Waals surface area contributed by atoms with Crippen LogP contribution in [-0.4, -0.2) is 52.7 Å². The van der Waals surface area contributed by atoms with Crippen molar-refractivity contribution in [1.82, 2.24) is 15.1 Å². The summed E-state index contributed by atoms with van der Waals surface area (Å²) < 4.78 is 0. The lowest BCUT2D eigenvalue weighted by Crippen LogP contribution is -2.45. The normalized spacial score (nSPS) is 22.7. The van der Waals surface area contributed by atoms with E-state index in [1.165, 1.54) is 5.56 Å². The number of hydrogen-bond donors (Lipinski definition) is 2. The zero-order valence-electron chi connectivity index (χ0n) is 18.6. The number of likely N-dealkylation sites (tertiary alicyclic amines) is 1. The molecule has 2 aliphatic rings. The van der Waals surface area contributed by atoms with Crippen molar-refractivity contribution in [3.8, 4) is 0 Å². The maximum absolute atomic E-state index is 12.8. The Bertz CT molecular complexity index is 756. The summed E-state index contributed by atoms with van der Waals surface area (Å²) in [5.74, 6) is 1.39. The number of hydrogen-bond acceptors (Lipinski definition) is 3. The molecule has 0 radical (unpaired) electrons. The molecule has 3 rings (SSSR count). The van der Waals surface area contributed by atoms with E-state index in [1.54, 1.807) is 4.90 Å². The van der Waals surface area contributed by atoms with Gasteiger partial charge in [-0.15, -0.1) is 0 Å². The highest BCUT2D eigenvalue weighted by Crippen LogP contribution is 2.27. The summed E-state index contributed by atoms with van der Waals surface area (Å²) in [4.78, 5) is 29.0. The number of nitrogens with one attached hydrogen (secondary N) is 2. The van der Waals surface area contributed by atoms with E-state index in [1.807, 2.05) is 30.0 Å². The maximum atomic E-state index is 12.8. The van der Waals surface area contributed by atoms with Crippen LogP contribution >= 0.6 is 0 Å². The highest BCUT2D eigenvalue weighted by molar-refractivity contribution is 6.07. The molecule has 1 unspecified atom stereocenters. The second-order valence-electron chi connectivity index (χ2n) is 9.46. The topological polar surface area (TPSA) is 76.5 Å². The van der Waals surface area contributed by atoms with Crippen molar-refractivity contribution in [3.63, 3.8) is 0 Å². The molecule has 0 bridgehead atoms. The van der Waals surface area contributed by atoms with Crippen molar-refractivity contribution < 1.29 is 9.59 Å². The minimum atomic E-state index is -0.653. The van der Waals surface area contributed by atoms with E-state index < -0.39 is 5.54 Å². The van der Waals surface area contributed by atoms with Crippen LogP contribution in [0, 0.1) is 17.2 Å². The molecule has 1 atom stereocenters. The summed E-state index contributed by atoms with van der Waals surface area (Å²) in [6.07, 6.45) is 4.93. The summed E-state index contributed by atoms with van der Waals surface area (Å²) in [5, 5.41) is 11.3. The molecule has 6 heteroatoms. The van der Waals surface area contributed by atoms with E-state index in [4.69, 9.17) is 5.41 Å². The summed E-state index contributed by atoms with van der Waals surface area (Å²) in [6, 6.07) is 10.2. The van der Waals surface area contributed by atoms with Gasteiger partial charge < -0.3 is 10.2 Å². The van der Waals surface area contributed by atoms with Gasteiger partial charge in [-0.3, -0.25) is 19.9 Å². The van der Waals surface area contributed by atoms with Crippen molar-refractivity contribution in [2.45, 2.75) is 64.8 Å². The average Bonchev–Trinajstić information content (AvgIpc) is 2.93. The van der Waals surface area contributed by atoms with Crippen LogP contribution in [0.5, 0.6) is 0 Å². The Morgan fingerprint density at radius 1 is 1.23 bits per heavy atom. The molecule has 30 heavy (non-hydrogen) atoms. The number of guanidine groups is 1. The smallest absolute Gasteiger partial charge is 0.254 e. The first-order valence-electron chi connectivity index (χ1n) is 11.3. The molecule has 2 saturated heterocycles. The zero-order chi connectivity index (χ0) is 21.7. The van der Waals surface area contributed by atoms with Crippen molar-refractivity contribution in [2.75, 3.05) is 19.6 Å². The number of amides is 2. The number of piperidine rings is 1. The lowest BCUT2D eigenvalue weighted by Gasteiger charge is -2.33. The second-order valence-corrected chi connectivity index (χ2v) is 9.46. The Morgan fingerprint density at radius 2 is 1.90 bits per heavy atom. The van der Waals surface area contributed by atoms with Gasteiger partial charge in [-0.1, -0.05) is 44.2 Å². The standard InChI is InChI=1S/C24H36N4O2/c1-18(2)17-24(3)22(30)28(23(25)26-24)16-13-20-11-14-27(15-12-20)21(29)10-9-19-7-5-4-6-8-19/h4-8,18,20H,9-17H2,1-3H3,(H2,25,26). The van der Waals surface area contributed by atoms with Crippen molar-refractivity contribution in [1.29, 1.82) is 5.41 Å². The van der Waals surface area contributed by atoms with Crippen LogP contribution in [-0.2, 0) is 16.0 Å². The van der Waals surface area contributed by atoms with Gasteiger partial charge in [0.1, 0.15) is 5.54 Å². The Labute approximate surface area is 180 Å². The van der Waals surface area contributed by atoms with Crippen molar-refractivity contribution in [2.24, 2.45) is 11.8 Å². The molecule has 2 fully saturated rings. The minimum absolute atomic E-state index is 0.0229. The third-order valence-electron chi connectivity index (χ3n) is 6.40. The third kappa shape index (κ3) is 5.41. The molecule has 0 saturated carbocycles. The van der Waals surface area contributed by atoms with Gasteiger partial charge in [0.15, 0.2) is 5.96 Å². The average molecular weight is 413 g/mol. The number of carbonyl (C=O) groups excluding carboxylic acids is 2. The Hall–Kier alpha value is -2.37. The number of nitrogens with zero attached hydrogens (tertiary/aromatic N) is 2. The molecule has 2 amide bonds. The quantitative estimate of drug-likeness (QED) is 0.687. The fraction of sp³-hybridized carbons (Fsp3) is 0.625. The first kappa shape index (κ1) is 22.3. The first-order chi connectivity index (χ1) is 14.3. The largest absolute Gasteiger partial charge is 0.343 e. The van der Waals surface area contributed by atoms with Crippen molar-refractivity contribution in [3.05, 3.63) is 35.9 Å². The number of carbonyl (C=O) groups is 2. The van der Waals surface area contributed by atoms with Gasteiger partial charge in [0, 0.05) is 26.1 Å². The fourth-order valence-corrected chi connectivity index (χ4v) is 4.79. The second kappa shape index (κ2) is 9.63. The van der Waals surface area contributed by atoms with E-state index in [-0.39, 0.29) is 17.8 Å². The Kier molecular flexibility index (Phi) is 7.16. The minimum Gasteiger partial charge on any atom is -0.343 e. The third-order valence-corrected chi connectivity index (χ3v) is 6.40. The summed E-state index contributed by atoms with van der Waals surface area (Å²) >= 11 is 0. The van der Waals surface area contributed by atoms with E-state index >= 15 is 0 Å². The molecule has 6 nitrogen and oxygen atoms in total. The monoisotopic (exact) mass is 412 g/mol. The Morgan fingerprint density at radius 3 is 2.53 bits per heavy atom. The van der Waals surface area contributed by atoms with E-state index in [2.05, 4.69) is 31.3 Å². The molecule has 1 aromatic rings. The molecule has 2 heterocycles. The highest BCUT2D eigenvalue weighted by Gasteiger charge is 2.45. The molecular formula is C24H36N4O2. The molecular weight excluding hydrogens is 376 g/mol. The van der Waals surface area contributed by atoms with Crippen LogP contribution in [0.3, 0.4) is 0 Å². The first-order valence-corrected chi connectivity index (χ1v) is 11.3. The van der Waals surface area contributed by atoms with Gasteiger partial charge in [0.05, 0.1) is 0 Å². The molecule has 2 aliphatic heterocycles.